The lowest BCUT2D eigenvalue weighted by Gasteiger charge is -2.34. The fourth-order valence-corrected chi connectivity index (χ4v) is 5.15. The second-order valence-corrected chi connectivity index (χ2v) is 9.78. The Kier molecular flexibility index (Phi) is 6.67. The van der Waals surface area contributed by atoms with Gasteiger partial charge in [0.15, 0.2) is 14.6 Å². The molecule has 1 aromatic heterocycles. The summed E-state index contributed by atoms with van der Waals surface area (Å²) < 4.78 is 23.8. The Bertz CT molecular complexity index is 597. The van der Waals surface area contributed by atoms with Crippen LogP contribution < -0.4 is 10.6 Å². The number of halogens is 2. The maximum Gasteiger partial charge on any atom is 0.241 e. The summed E-state index contributed by atoms with van der Waals surface area (Å²) in [7, 11) is -3.44. The maximum absolute atomic E-state index is 12.4. The standard InChI is InChI=1S/C12H17BrN2O3S2.ClH/c1-20(17,18)12(4-6-14-7-5-12)11(16)15-8-9-2-3-10(13)19-9;/h2-3,14H,4-8H2,1H3,(H,15,16);1H. The average molecular weight is 418 g/mol. The lowest BCUT2D eigenvalue weighted by atomic mass is 9.96. The van der Waals surface area contributed by atoms with Crippen molar-refractivity contribution in [2.75, 3.05) is 19.3 Å². The van der Waals surface area contributed by atoms with E-state index in [0.29, 0.717) is 32.5 Å². The van der Waals surface area contributed by atoms with Crippen molar-refractivity contribution in [1.82, 2.24) is 10.6 Å². The molecule has 1 aliphatic heterocycles. The molecule has 0 atom stereocenters. The molecule has 1 amide bonds. The molecule has 9 heteroatoms. The smallest absolute Gasteiger partial charge is 0.241 e. The molecule has 1 saturated heterocycles. The number of hydrogen-bond acceptors (Lipinski definition) is 5. The number of piperidine rings is 1. The average Bonchev–Trinajstić information content (AvgIpc) is 2.81. The summed E-state index contributed by atoms with van der Waals surface area (Å²) in [5.74, 6) is -0.383. The van der Waals surface area contributed by atoms with E-state index in [-0.39, 0.29) is 18.3 Å². The third-order valence-corrected chi connectivity index (χ3v) is 7.22. The number of carbonyl (C=O) groups is 1. The van der Waals surface area contributed by atoms with Crippen molar-refractivity contribution in [3.8, 4) is 0 Å². The predicted octanol–water partition coefficient (Wildman–Crippen LogP) is 1.72. The van der Waals surface area contributed by atoms with Crippen molar-refractivity contribution >= 4 is 55.4 Å². The first-order valence-electron chi connectivity index (χ1n) is 6.28. The van der Waals surface area contributed by atoms with Gasteiger partial charge in [-0.1, -0.05) is 0 Å². The zero-order valence-electron chi connectivity index (χ0n) is 11.5. The SMILES string of the molecule is CS(=O)(=O)C1(C(=O)NCc2ccc(Br)s2)CCNCC1.Cl. The van der Waals surface area contributed by atoms with Gasteiger partial charge in [0.05, 0.1) is 10.3 Å². The van der Waals surface area contributed by atoms with Crippen LogP contribution in [0.4, 0.5) is 0 Å². The maximum atomic E-state index is 12.4. The van der Waals surface area contributed by atoms with Crippen molar-refractivity contribution < 1.29 is 13.2 Å². The van der Waals surface area contributed by atoms with Crippen LogP contribution in [0.3, 0.4) is 0 Å². The highest BCUT2D eigenvalue weighted by atomic mass is 79.9. The van der Waals surface area contributed by atoms with Gasteiger partial charge in [-0.15, -0.1) is 23.7 Å². The number of carbonyl (C=O) groups excluding carboxylic acids is 1. The lowest BCUT2D eigenvalue weighted by molar-refractivity contribution is -0.124. The summed E-state index contributed by atoms with van der Waals surface area (Å²) in [6, 6.07) is 3.81. The van der Waals surface area contributed by atoms with Crippen molar-refractivity contribution in [3.05, 3.63) is 20.8 Å². The fraction of sp³-hybridized carbons (Fsp3) is 0.583. The molecule has 1 aromatic rings. The molecule has 0 unspecified atom stereocenters. The van der Waals surface area contributed by atoms with Crippen molar-refractivity contribution in [3.63, 3.8) is 0 Å². The summed E-state index contributed by atoms with van der Waals surface area (Å²) in [5.41, 5.74) is 0. The predicted molar refractivity (Wildman–Crippen MR) is 90.8 cm³/mol. The number of amides is 1. The molecule has 0 radical (unpaired) electrons. The summed E-state index contributed by atoms with van der Waals surface area (Å²) in [6.45, 7) is 1.45. The van der Waals surface area contributed by atoms with E-state index in [9.17, 15) is 13.2 Å². The summed E-state index contributed by atoms with van der Waals surface area (Å²) >= 11 is 4.88. The fourth-order valence-electron chi connectivity index (χ4n) is 2.37. The van der Waals surface area contributed by atoms with Crippen LogP contribution >= 0.6 is 39.7 Å². The molecule has 21 heavy (non-hydrogen) atoms. The Morgan fingerprint density at radius 2 is 2.05 bits per heavy atom. The summed E-state index contributed by atoms with van der Waals surface area (Å²) in [4.78, 5) is 13.4. The highest BCUT2D eigenvalue weighted by Gasteiger charge is 2.48. The zero-order chi connectivity index (χ0) is 14.8. The minimum atomic E-state index is -3.44. The molecule has 0 bridgehead atoms. The first kappa shape index (κ1) is 18.9. The Morgan fingerprint density at radius 3 is 2.52 bits per heavy atom. The summed E-state index contributed by atoms with van der Waals surface area (Å²) in [6.07, 6.45) is 1.80. The third kappa shape index (κ3) is 4.19. The van der Waals surface area contributed by atoms with E-state index in [1.165, 1.54) is 11.3 Å². The van der Waals surface area contributed by atoms with Crippen LogP contribution in [-0.4, -0.2) is 38.4 Å². The Morgan fingerprint density at radius 1 is 1.43 bits per heavy atom. The number of sulfone groups is 1. The highest BCUT2D eigenvalue weighted by Crippen LogP contribution is 2.28. The molecule has 5 nitrogen and oxygen atoms in total. The van der Waals surface area contributed by atoms with Gasteiger partial charge in [0, 0.05) is 11.1 Å². The van der Waals surface area contributed by atoms with E-state index in [1.54, 1.807) is 0 Å². The van der Waals surface area contributed by atoms with Crippen LogP contribution in [0, 0.1) is 0 Å². The van der Waals surface area contributed by atoms with Crippen molar-refractivity contribution in [1.29, 1.82) is 0 Å². The van der Waals surface area contributed by atoms with Crippen molar-refractivity contribution in [2.24, 2.45) is 0 Å². The van der Waals surface area contributed by atoms with E-state index in [4.69, 9.17) is 0 Å². The van der Waals surface area contributed by atoms with Gasteiger partial charge < -0.3 is 10.6 Å². The van der Waals surface area contributed by atoms with Gasteiger partial charge in [0.25, 0.3) is 0 Å². The minimum absolute atomic E-state index is 0. The third-order valence-electron chi connectivity index (χ3n) is 3.59. The van der Waals surface area contributed by atoms with Crippen LogP contribution in [-0.2, 0) is 21.2 Å². The molecular formula is C12H18BrClN2O3S2. The zero-order valence-corrected chi connectivity index (χ0v) is 15.6. The van der Waals surface area contributed by atoms with Crippen LogP contribution in [0.1, 0.15) is 17.7 Å². The molecule has 120 valence electrons. The second-order valence-electron chi connectivity index (χ2n) is 4.90. The first-order chi connectivity index (χ1) is 9.35. The Hall–Kier alpha value is -0.150. The van der Waals surface area contributed by atoms with Gasteiger partial charge in [-0.25, -0.2) is 8.42 Å². The van der Waals surface area contributed by atoms with Gasteiger partial charge >= 0.3 is 0 Å². The van der Waals surface area contributed by atoms with E-state index < -0.39 is 14.6 Å². The van der Waals surface area contributed by atoms with E-state index in [0.717, 1.165) is 14.9 Å². The molecule has 0 aliphatic carbocycles. The van der Waals surface area contributed by atoms with Gasteiger partial charge in [0.1, 0.15) is 0 Å². The molecule has 2 N–H and O–H groups in total. The molecule has 1 aliphatic rings. The number of thiophene rings is 1. The monoisotopic (exact) mass is 416 g/mol. The molecule has 2 rings (SSSR count). The normalized spacial score (nSPS) is 17.8. The molecule has 0 aromatic carbocycles. The highest BCUT2D eigenvalue weighted by molar-refractivity contribution is 9.11. The minimum Gasteiger partial charge on any atom is -0.350 e. The number of rotatable bonds is 4. The molecule has 0 saturated carbocycles. The number of nitrogens with one attached hydrogen (secondary N) is 2. The van der Waals surface area contributed by atoms with E-state index in [1.807, 2.05) is 12.1 Å². The molecule has 1 fully saturated rings. The topological polar surface area (TPSA) is 75.3 Å². The van der Waals surface area contributed by atoms with Gasteiger partial charge in [0.2, 0.25) is 5.91 Å². The second kappa shape index (κ2) is 7.41. The quantitative estimate of drug-likeness (QED) is 0.782. The summed E-state index contributed by atoms with van der Waals surface area (Å²) in [5, 5.41) is 5.87. The Balaban J connectivity index is 0.00000220. The molecule has 0 spiro atoms. The Labute approximate surface area is 143 Å². The van der Waals surface area contributed by atoms with Crippen LogP contribution in [0.5, 0.6) is 0 Å². The van der Waals surface area contributed by atoms with Crippen LogP contribution in [0.15, 0.2) is 15.9 Å². The van der Waals surface area contributed by atoms with Gasteiger partial charge in [-0.2, -0.15) is 0 Å². The van der Waals surface area contributed by atoms with Gasteiger partial charge in [-0.3, -0.25) is 4.79 Å². The molecule has 2 heterocycles. The largest absolute Gasteiger partial charge is 0.350 e. The van der Waals surface area contributed by atoms with E-state index >= 15 is 0 Å². The molecular weight excluding hydrogens is 400 g/mol. The van der Waals surface area contributed by atoms with Gasteiger partial charge in [-0.05, 0) is 54.0 Å². The lowest BCUT2D eigenvalue weighted by Crippen LogP contribution is -2.57. The van der Waals surface area contributed by atoms with Crippen LogP contribution in [0.25, 0.3) is 0 Å². The first-order valence-corrected chi connectivity index (χ1v) is 9.78. The van der Waals surface area contributed by atoms with E-state index in [2.05, 4.69) is 26.6 Å². The van der Waals surface area contributed by atoms with Crippen molar-refractivity contribution in [2.45, 2.75) is 24.1 Å². The van der Waals surface area contributed by atoms with Crippen LogP contribution in [0.2, 0.25) is 0 Å². The number of hydrogen-bond donors (Lipinski definition) is 2.